The molecule has 0 bridgehead atoms. The molecule has 1 aromatic heterocycles. The maximum atomic E-state index is 13.2. The maximum Gasteiger partial charge on any atom is 0.246 e. The molecule has 1 aromatic carbocycles. The molecule has 1 saturated heterocycles. The Morgan fingerprint density at radius 3 is 2.89 bits per heavy atom. The lowest BCUT2D eigenvalue weighted by Crippen LogP contribution is -2.51. The van der Waals surface area contributed by atoms with Gasteiger partial charge in [0.25, 0.3) is 0 Å². The SMILES string of the molecule is COc1cccc(-c2csc(N[C@H](C(=O)N3CCC[C@H]3C=O)C(C)(C)C)n2)c1. The zero-order valence-corrected chi connectivity index (χ0v) is 17.6. The molecule has 0 saturated carbocycles. The highest BCUT2D eigenvalue weighted by Gasteiger charge is 2.39. The molecule has 1 aliphatic rings. The molecule has 1 fully saturated rings. The van der Waals surface area contributed by atoms with E-state index in [-0.39, 0.29) is 17.4 Å². The van der Waals surface area contributed by atoms with E-state index in [0.29, 0.717) is 11.7 Å². The number of benzene rings is 1. The summed E-state index contributed by atoms with van der Waals surface area (Å²) in [5.41, 5.74) is 1.47. The number of aromatic nitrogens is 1. The van der Waals surface area contributed by atoms with Crippen molar-refractivity contribution in [3.63, 3.8) is 0 Å². The number of thiazole rings is 1. The number of anilines is 1. The third-order valence-corrected chi connectivity index (χ3v) is 5.76. The summed E-state index contributed by atoms with van der Waals surface area (Å²) in [6.45, 7) is 6.69. The number of hydrogen-bond donors (Lipinski definition) is 1. The van der Waals surface area contributed by atoms with Gasteiger partial charge in [0.15, 0.2) is 5.13 Å². The summed E-state index contributed by atoms with van der Waals surface area (Å²) in [6, 6.07) is 6.95. The van der Waals surface area contributed by atoms with Crippen LogP contribution in [0.5, 0.6) is 5.75 Å². The van der Waals surface area contributed by atoms with Gasteiger partial charge in [0.2, 0.25) is 5.91 Å². The van der Waals surface area contributed by atoms with Crippen molar-refractivity contribution < 1.29 is 14.3 Å². The average Bonchev–Trinajstić information content (AvgIpc) is 3.34. The largest absolute Gasteiger partial charge is 0.497 e. The molecule has 6 nitrogen and oxygen atoms in total. The summed E-state index contributed by atoms with van der Waals surface area (Å²) >= 11 is 1.47. The Kier molecular flexibility index (Phi) is 6.03. The van der Waals surface area contributed by atoms with Crippen LogP contribution in [-0.4, -0.2) is 47.8 Å². The first-order valence-corrected chi connectivity index (χ1v) is 10.3. The van der Waals surface area contributed by atoms with Crippen LogP contribution in [0.3, 0.4) is 0 Å². The number of aldehydes is 1. The van der Waals surface area contributed by atoms with E-state index in [1.165, 1.54) is 11.3 Å². The fraction of sp³-hybridized carbons (Fsp3) is 0.476. The smallest absolute Gasteiger partial charge is 0.246 e. The van der Waals surface area contributed by atoms with Gasteiger partial charge in [0.05, 0.1) is 18.8 Å². The highest BCUT2D eigenvalue weighted by molar-refractivity contribution is 7.14. The molecule has 1 amide bonds. The van der Waals surface area contributed by atoms with E-state index in [1.807, 2.05) is 50.4 Å². The minimum absolute atomic E-state index is 0.0415. The number of likely N-dealkylation sites (tertiary alicyclic amines) is 1. The lowest BCUT2D eigenvalue weighted by molar-refractivity contribution is -0.137. The highest BCUT2D eigenvalue weighted by Crippen LogP contribution is 2.31. The van der Waals surface area contributed by atoms with Crippen molar-refractivity contribution in [1.82, 2.24) is 9.88 Å². The lowest BCUT2D eigenvalue weighted by Gasteiger charge is -2.34. The average molecular weight is 402 g/mol. The van der Waals surface area contributed by atoms with Crippen LogP contribution >= 0.6 is 11.3 Å². The number of hydrogen-bond acceptors (Lipinski definition) is 6. The Labute approximate surface area is 169 Å². The summed E-state index contributed by atoms with van der Waals surface area (Å²) in [6.07, 6.45) is 2.49. The first kappa shape index (κ1) is 20.3. The first-order chi connectivity index (χ1) is 13.3. The molecule has 3 rings (SSSR count). The topological polar surface area (TPSA) is 71.5 Å². The van der Waals surface area contributed by atoms with Crippen molar-refractivity contribution in [3.05, 3.63) is 29.6 Å². The Hall–Kier alpha value is -2.41. The third kappa shape index (κ3) is 4.35. The second-order valence-corrected chi connectivity index (χ2v) is 8.95. The molecule has 0 spiro atoms. The van der Waals surface area contributed by atoms with Gasteiger partial charge in [-0.3, -0.25) is 4.79 Å². The van der Waals surface area contributed by atoms with Gasteiger partial charge in [-0.25, -0.2) is 4.98 Å². The molecule has 2 aromatic rings. The van der Waals surface area contributed by atoms with Crippen LogP contribution in [0.4, 0.5) is 5.13 Å². The van der Waals surface area contributed by atoms with Gasteiger partial charge < -0.3 is 19.7 Å². The van der Waals surface area contributed by atoms with Crippen LogP contribution in [0.15, 0.2) is 29.6 Å². The number of carbonyl (C=O) groups is 2. The van der Waals surface area contributed by atoms with Gasteiger partial charge in [-0.05, 0) is 30.4 Å². The number of nitrogens with zero attached hydrogens (tertiary/aromatic N) is 2. The van der Waals surface area contributed by atoms with Crippen molar-refractivity contribution in [2.45, 2.75) is 45.7 Å². The number of carbonyl (C=O) groups excluding carboxylic acids is 2. The fourth-order valence-corrected chi connectivity index (χ4v) is 4.15. The number of amides is 1. The van der Waals surface area contributed by atoms with Crippen LogP contribution in [0.2, 0.25) is 0 Å². The fourth-order valence-electron chi connectivity index (χ4n) is 3.40. The van der Waals surface area contributed by atoms with E-state index in [2.05, 4.69) is 10.3 Å². The molecule has 1 aliphatic heterocycles. The van der Waals surface area contributed by atoms with E-state index < -0.39 is 6.04 Å². The molecule has 2 heterocycles. The van der Waals surface area contributed by atoms with Gasteiger partial charge in [-0.2, -0.15) is 0 Å². The zero-order valence-electron chi connectivity index (χ0n) is 16.8. The monoisotopic (exact) mass is 401 g/mol. The molecular formula is C21H27N3O3S. The van der Waals surface area contributed by atoms with Crippen molar-refractivity contribution in [1.29, 1.82) is 0 Å². The Balaban J connectivity index is 1.81. The van der Waals surface area contributed by atoms with Crippen molar-refractivity contribution in [3.8, 4) is 17.0 Å². The van der Waals surface area contributed by atoms with Crippen molar-refractivity contribution in [2.75, 3.05) is 19.0 Å². The second-order valence-electron chi connectivity index (χ2n) is 8.09. The van der Waals surface area contributed by atoms with Crippen molar-refractivity contribution >= 4 is 28.7 Å². The minimum atomic E-state index is -0.461. The molecule has 150 valence electrons. The third-order valence-electron chi connectivity index (χ3n) is 4.99. The first-order valence-electron chi connectivity index (χ1n) is 9.45. The van der Waals surface area contributed by atoms with E-state index in [1.54, 1.807) is 12.0 Å². The van der Waals surface area contributed by atoms with Gasteiger partial charge in [-0.1, -0.05) is 32.9 Å². The van der Waals surface area contributed by atoms with Crippen LogP contribution in [0.1, 0.15) is 33.6 Å². The Morgan fingerprint density at radius 1 is 1.43 bits per heavy atom. The van der Waals surface area contributed by atoms with Gasteiger partial charge in [0, 0.05) is 17.5 Å². The van der Waals surface area contributed by atoms with Gasteiger partial charge in [-0.15, -0.1) is 11.3 Å². The van der Waals surface area contributed by atoms with Crippen LogP contribution in [0, 0.1) is 5.41 Å². The molecular weight excluding hydrogens is 374 g/mol. The lowest BCUT2D eigenvalue weighted by atomic mass is 9.85. The van der Waals surface area contributed by atoms with Crippen LogP contribution in [-0.2, 0) is 9.59 Å². The van der Waals surface area contributed by atoms with E-state index >= 15 is 0 Å². The Morgan fingerprint density at radius 2 is 2.21 bits per heavy atom. The van der Waals surface area contributed by atoms with Crippen molar-refractivity contribution in [2.24, 2.45) is 5.41 Å². The maximum absolute atomic E-state index is 13.2. The standard InChI is InChI=1S/C21H27N3O3S/c1-21(2,3)18(19(26)24-10-6-8-15(24)12-25)23-20-22-17(13-28-20)14-7-5-9-16(11-14)27-4/h5,7,9,11-13,15,18H,6,8,10H2,1-4H3,(H,22,23)/t15-,18+/m0/s1. The van der Waals surface area contributed by atoms with Crippen LogP contribution in [0.25, 0.3) is 11.3 Å². The number of methoxy groups -OCH3 is 1. The van der Waals surface area contributed by atoms with Gasteiger partial charge >= 0.3 is 0 Å². The minimum Gasteiger partial charge on any atom is -0.497 e. The predicted molar refractivity (Wildman–Crippen MR) is 112 cm³/mol. The molecule has 1 N–H and O–H groups in total. The highest BCUT2D eigenvalue weighted by atomic mass is 32.1. The molecule has 7 heteroatoms. The quantitative estimate of drug-likeness (QED) is 0.745. The number of ether oxygens (including phenoxy) is 1. The summed E-state index contributed by atoms with van der Waals surface area (Å²) in [4.78, 5) is 30.9. The molecule has 2 atom stereocenters. The number of rotatable bonds is 6. The molecule has 0 aliphatic carbocycles. The van der Waals surface area contributed by atoms with E-state index in [9.17, 15) is 9.59 Å². The van der Waals surface area contributed by atoms with Crippen LogP contribution < -0.4 is 10.1 Å². The van der Waals surface area contributed by atoms with Gasteiger partial charge in [0.1, 0.15) is 18.1 Å². The summed E-state index contributed by atoms with van der Waals surface area (Å²) in [5, 5.41) is 5.98. The molecule has 0 unspecified atom stereocenters. The predicted octanol–water partition coefficient (Wildman–Crippen LogP) is 3.84. The number of nitrogens with one attached hydrogen (secondary N) is 1. The van der Waals surface area contributed by atoms with E-state index in [4.69, 9.17) is 4.74 Å². The molecule has 0 radical (unpaired) electrons. The second kappa shape index (κ2) is 8.31. The summed E-state index contributed by atoms with van der Waals surface area (Å²) in [5.74, 6) is 0.733. The summed E-state index contributed by atoms with van der Waals surface area (Å²) < 4.78 is 5.28. The summed E-state index contributed by atoms with van der Waals surface area (Å²) in [7, 11) is 1.64. The van der Waals surface area contributed by atoms with E-state index in [0.717, 1.165) is 36.1 Å². The Bertz CT molecular complexity index is 843. The zero-order chi connectivity index (χ0) is 20.3. The molecule has 28 heavy (non-hydrogen) atoms. The normalized spacial score (nSPS) is 18.0.